The molecule has 1 aliphatic rings. The van der Waals surface area contributed by atoms with Crippen LogP contribution in [-0.4, -0.2) is 13.2 Å². The number of nitrogens with one attached hydrogen (secondary N) is 1. The normalized spacial score (nSPS) is 19.9. The first-order valence-electron chi connectivity index (χ1n) is 8.00. The number of hydrogen-bond acceptors (Lipinski definition) is 2. The van der Waals surface area contributed by atoms with Gasteiger partial charge in [0.15, 0.2) is 0 Å². The molecule has 20 heavy (non-hydrogen) atoms. The summed E-state index contributed by atoms with van der Waals surface area (Å²) in [6.45, 7) is 6.61. The summed E-state index contributed by atoms with van der Waals surface area (Å²) < 4.78 is 6.02. The fraction of sp³-hybridized carbons (Fsp3) is 0.667. The largest absolute Gasteiger partial charge is 0.491 e. The Balaban J connectivity index is 2.31. The quantitative estimate of drug-likeness (QED) is 0.840. The second-order valence-electron chi connectivity index (χ2n) is 6.64. The molecular formula is C18H29NO. The fourth-order valence-corrected chi connectivity index (χ4v) is 3.61. The molecule has 1 fully saturated rings. The molecule has 112 valence electrons. The Bertz CT molecular complexity index is 421. The zero-order valence-electron chi connectivity index (χ0n) is 13.4. The van der Waals surface area contributed by atoms with Gasteiger partial charge in [0.05, 0.1) is 6.10 Å². The van der Waals surface area contributed by atoms with Crippen molar-refractivity contribution in [3.8, 4) is 5.75 Å². The summed E-state index contributed by atoms with van der Waals surface area (Å²) in [6, 6.07) is 8.89. The average molecular weight is 275 g/mol. The van der Waals surface area contributed by atoms with Gasteiger partial charge >= 0.3 is 0 Å². The van der Waals surface area contributed by atoms with Gasteiger partial charge in [-0.1, -0.05) is 44.4 Å². The lowest BCUT2D eigenvalue weighted by atomic mass is 9.68. The molecule has 1 saturated carbocycles. The van der Waals surface area contributed by atoms with E-state index in [4.69, 9.17) is 4.74 Å². The summed E-state index contributed by atoms with van der Waals surface area (Å²) in [5, 5.41) is 3.56. The molecule has 0 aliphatic heterocycles. The number of benzene rings is 1. The first-order valence-corrected chi connectivity index (χ1v) is 8.00. The number of ether oxygens (including phenoxy) is 1. The van der Waals surface area contributed by atoms with Gasteiger partial charge in [-0.15, -0.1) is 0 Å². The van der Waals surface area contributed by atoms with E-state index in [2.05, 4.69) is 57.4 Å². The molecule has 1 atom stereocenters. The average Bonchev–Trinajstić information content (AvgIpc) is 2.41. The van der Waals surface area contributed by atoms with Crippen LogP contribution in [0.5, 0.6) is 5.75 Å². The van der Waals surface area contributed by atoms with Crippen LogP contribution in [0.2, 0.25) is 0 Å². The first-order chi connectivity index (χ1) is 9.57. The molecule has 0 bridgehead atoms. The molecular weight excluding hydrogens is 246 g/mol. The smallest absolute Gasteiger partial charge is 0.124 e. The highest BCUT2D eigenvalue weighted by atomic mass is 16.5. The van der Waals surface area contributed by atoms with Crippen molar-refractivity contribution in [3.05, 3.63) is 29.8 Å². The number of para-hydroxylation sites is 1. The van der Waals surface area contributed by atoms with E-state index in [1.54, 1.807) is 0 Å². The van der Waals surface area contributed by atoms with Crippen molar-refractivity contribution in [1.82, 2.24) is 5.32 Å². The van der Waals surface area contributed by atoms with Crippen molar-refractivity contribution in [3.63, 3.8) is 0 Å². The summed E-state index contributed by atoms with van der Waals surface area (Å²) in [4.78, 5) is 0. The Morgan fingerprint density at radius 2 is 1.75 bits per heavy atom. The lowest BCUT2D eigenvalue weighted by Gasteiger charge is -2.41. The van der Waals surface area contributed by atoms with Crippen LogP contribution >= 0.6 is 0 Å². The van der Waals surface area contributed by atoms with Crippen LogP contribution in [0.1, 0.15) is 64.5 Å². The minimum absolute atomic E-state index is 0.216. The predicted molar refractivity (Wildman–Crippen MR) is 85.2 cm³/mol. The Morgan fingerprint density at radius 1 is 1.10 bits per heavy atom. The summed E-state index contributed by atoms with van der Waals surface area (Å²) in [5.74, 6) is 1.04. The molecule has 0 spiro atoms. The molecule has 2 rings (SSSR count). The third-order valence-corrected chi connectivity index (χ3v) is 4.57. The first kappa shape index (κ1) is 15.4. The molecule has 0 radical (unpaired) electrons. The minimum Gasteiger partial charge on any atom is -0.491 e. The second-order valence-corrected chi connectivity index (χ2v) is 6.64. The zero-order valence-corrected chi connectivity index (χ0v) is 13.4. The van der Waals surface area contributed by atoms with Crippen molar-refractivity contribution in [2.45, 2.75) is 65.0 Å². The predicted octanol–water partition coefficient (Wildman–Crippen LogP) is 4.70. The van der Waals surface area contributed by atoms with Gasteiger partial charge < -0.3 is 10.1 Å². The molecule has 0 amide bonds. The summed E-state index contributed by atoms with van der Waals surface area (Å²) in [7, 11) is 2.08. The van der Waals surface area contributed by atoms with Crippen LogP contribution in [-0.2, 0) is 0 Å². The van der Waals surface area contributed by atoms with Crippen molar-refractivity contribution in [2.24, 2.45) is 5.41 Å². The summed E-state index contributed by atoms with van der Waals surface area (Å²) >= 11 is 0. The lowest BCUT2D eigenvalue weighted by Crippen LogP contribution is -2.36. The van der Waals surface area contributed by atoms with Gasteiger partial charge in [-0.3, -0.25) is 0 Å². The Labute approximate surface area is 123 Å². The van der Waals surface area contributed by atoms with E-state index in [1.807, 2.05) is 0 Å². The third-order valence-electron chi connectivity index (χ3n) is 4.57. The van der Waals surface area contributed by atoms with Crippen LogP contribution in [0.15, 0.2) is 24.3 Å². The van der Waals surface area contributed by atoms with E-state index >= 15 is 0 Å². The molecule has 2 nitrogen and oxygen atoms in total. The van der Waals surface area contributed by atoms with E-state index < -0.39 is 0 Å². The molecule has 0 heterocycles. The van der Waals surface area contributed by atoms with Gasteiger partial charge in [0.2, 0.25) is 0 Å². The van der Waals surface area contributed by atoms with Crippen molar-refractivity contribution < 1.29 is 4.74 Å². The molecule has 1 aromatic carbocycles. The van der Waals surface area contributed by atoms with E-state index in [1.165, 1.54) is 37.7 Å². The topological polar surface area (TPSA) is 21.3 Å². The monoisotopic (exact) mass is 275 g/mol. The Kier molecular flexibility index (Phi) is 5.09. The molecule has 1 aliphatic carbocycles. The van der Waals surface area contributed by atoms with Crippen LogP contribution in [0.25, 0.3) is 0 Å². The van der Waals surface area contributed by atoms with Gasteiger partial charge in [0.25, 0.3) is 0 Å². The molecule has 1 aromatic rings. The van der Waals surface area contributed by atoms with E-state index in [0.717, 1.165) is 5.75 Å². The SMILES string of the molecule is CNC(c1ccccc1OC(C)C)C1(C)CCCCC1. The second kappa shape index (κ2) is 6.62. The van der Waals surface area contributed by atoms with Gasteiger partial charge in [-0.2, -0.15) is 0 Å². The van der Waals surface area contributed by atoms with Crippen molar-refractivity contribution >= 4 is 0 Å². The summed E-state index contributed by atoms with van der Waals surface area (Å²) in [6.07, 6.45) is 6.90. The highest BCUT2D eigenvalue weighted by Gasteiger charge is 2.36. The third kappa shape index (κ3) is 3.35. The molecule has 1 N–H and O–H groups in total. The zero-order chi connectivity index (χ0) is 14.6. The highest BCUT2D eigenvalue weighted by molar-refractivity contribution is 5.37. The van der Waals surface area contributed by atoms with E-state index in [9.17, 15) is 0 Å². The van der Waals surface area contributed by atoms with Crippen LogP contribution < -0.4 is 10.1 Å². The Hall–Kier alpha value is -1.02. The molecule has 0 saturated heterocycles. The minimum atomic E-state index is 0.216. The molecule has 1 unspecified atom stereocenters. The van der Waals surface area contributed by atoms with Crippen LogP contribution in [0, 0.1) is 5.41 Å². The maximum absolute atomic E-state index is 6.02. The van der Waals surface area contributed by atoms with Gasteiger partial charge in [-0.05, 0) is 45.2 Å². The molecule has 2 heteroatoms. The van der Waals surface area contributed by atoms with E-state index in [-0.39, 0.29) is 6.10 Å². The van der Waals surface area contributed by atoms with Gasteiger partial charge in [0.1, 0.15) is 5.75 Å². The van der Waals surface area contributed by atoms with Crippen molar-refractivity contribution in [2.75, 3.05) is 7.05 Å². The van der Waals surface area contributed by atoms with Gasteiger partial charge in [0, 0.05) is 11.6 Å². The van der Waals surface area contributed by atoms with Crippen molar-refractivity contribution in [1.29, 1.82) is 0 Å². The van der Waals surface area contributed by atoms with Gasteiger partial charge in [-0.25, -0.2) is 0 Å². The summed E-state index contributed by atoms with van der Waals surface area (Å²) in [5.41, 5.74) is 1.65. The fourth-order valence-electron chi connectivity index (χ4n) is 3.61. The number of hydrogen-bond donors (Lipinski definition) is 1. The molecule has 0 aromatic heterocycles. The lowest BCUT2D eigenvalue weighted by molar-refractivity contribution is 0.145. The maximum Gasteiger partial charge on any atom is 0.124 e. The maximum atomic E-state index is 6.02. The number of rotatable bonds is 5. The van der Waals surface area contributed by atoms with E-state index in [0.29, 0.717) is 11.5 Å². The highest BCUT2D eigenvalue weighted by Crippen LogP contribution is 2.47. The van der Waals surface area contributed by atoms with Crippen LogP contribution in [0.3, 0.4) is 0 Å². The van der Waals surface area contributed by atoms with Crippen LogP contribution in [0.4, 0.5) is 0 Å². The Morgan fingerprint density at radius 3 is 2.35 bits per heavy atom. The standard InChI is InChI=1S/C18H29NO/c1-14(2)20-16-11-7-6-10-15(16)17(19-4)18(3)12-8-5-9-13-18/h6-7,10-11,14,17,19H,5,8-9,12-13H2,1-4H3.